The minimum atomic E-state index is -0.639. The Morgan fingerprint density at radius 2 is 2.03 bits per heavy atom. The molecule has 1 N–H and O–H groups in total. The van der Waals surface area contributed by atoms with Crippen LogP contribution in [0.15, 0.2) is 34.1 Å². The molecule has 12 nitrogen and oxygen atoms in total. The van der Waals surface area contributed by atoms with Gasteiger partial charge in [-0.05, 0) is 11.6 Å². The molecule has 0 spiro atoms. The first kappa shape index (κ1) is 20.8. The summed E-state index contributed by atoms with van der Waals surface area (Å²) in [4.78, 5) is 48.0. The number of amides is 1. The van der Waals surface area contributed by atoms with Gasteiger partial charge in [-0.25, -0.2) is 9.78 Å². The van der Waals surface area contributed by atoms with E-state index in [-0.39, 0.29) is 23.5 Å². The van der Waals surface area contributed by atoms with Gasteiger partial charge in [0.1, 0.15) is 0 Å². The zero-order valence-corrected chi connectivity index (χ0v) is 17.0. The van der Waals surface area contributed by atoms with E-state index in [1.807, 2.05) is 0 Å². The van der Waals surface area contributed by atoms with E-state index in [0.717, 1.165) is 23.2 Å². The van der Waals surface area contributed by atoms with Gasteiger partial charge in [0.05, 0.1) is 19.8 Å². The molecule has 0 saturated carbocycles. The molecule has 0 aliphatic carbocycles. The van der Waals surface area contributed by atoms with E-state index < -0.39 is 17.2 Å². The number of rotatable bonds is 6. The molecule has 0 radical (unpaired) electrons. The lowest BCUT2D eigenvalue weighted by atomic mass is 10.3. The van der Waals surface area contributed by atoms with Crippen molar-refractivity contribution in [3.63, 3.8) is 0 Å². The van der Waals surface area contributed by atoms with Crippen molar-refractivity contribution in [3.8, 4) is 0 Å². The highest BCUT2D eigenvalue weighted by Crippen LogP contribution is 2.05. The molecule has 0 bridgehead atoms. The molecule has 4 rings (SSSR count). The van der Waals surface area contributed by atoms with Gasteiger partial charge in [-0.2, -0.15) is 0 Å². The smallest absolute Gasteiger partial charge is 0.332 e. The highest BCUT2D eigenvalue weighted by molar-refractivity contribution is 5.91. The quantitative estimate of drug-likeness (QED) is 0.493. The van der Waals surface area contributed by atoms with E-state index in [4.69, 9.17) is 4.74 Å². The number of ether oxygens (including phenoxy) is 1. The average Bonchev–Trinajstić information content (AvgIpc) is 2.81. The Balaban J connectivity index is 1.58. The lowest BCUT2D eigenvalue weighted by molar-refractivity contribution is 0.0383. The van der Waals surface area contributed by atoms with E-state index in [1.54, 1.807) is 24.5 Å². The van der Waals surface area contributed by atoms with Crippen molar-refractivity contribution in [1.29, 1.82) is 0 Å². The molecule has 1 aliphatic rings. The zero-order chi connectivity index (χ0) is 21.8. The topological polar surface area (TPSA) is 137 Å². The van der Waals surface area contributed by atoms with E-state index in [1.165, 1.54) is 11.6 Å². The summed E-state index contributed by atoms with van der Waals surface area (Å²) < 4.78 is 7.52. The largest absolute Gasteiger partial charge is 0.379 e. The van der Waals surface area contributed by atoms with Crippen LogP contribution in [0.4, 0.5) is 0 Å². The minimum Gasteiger partial charge on any atom is -0.379 e. The second-order valence-electron chi connectivity index (χ2n) is 7.11. The third-order valence-electron chi connectivity index (χ3n) is 5.03. The van der Waals surface area contributed by atoms with Crippen molar-refractivity contribution in [2.75, 3.05) is 39.4 Å². The molecule has 4 heterocycles. The van der Waals surface area contributed by atoms with Crippen LogP contribution in [0.5, 0.6) is 0 Å². The number of nitrogens with one attached hydrogen (secondary N) is 1. The molecule has 1 amide bonds. The van der Waals surface area contributed by atoms with Gasteiger partial charge in [-0.3, -0.25) is 28.6 Å². The SMILES string of the molecule is Cn1c(=O)c2nc(C(=O)NCCN3CCOCC3)nnc2n(Cc2cccnc2)c1=O. The van der Waals surface area contributed by atoms with Crippen molar-refractivity contribution in [2.45, 2.75) is 6.54 Å². The standard InChI is InChI=1S/C19H22N8O4/c1-25-18(29)14-16(27(19(25)30)12-13-3-2-4-20-11-13)24-23-15(22-14)17(28)21-5-6-26-7-9-31-10-8-26/h2-4,11H,5-10,12H2,1H3,(H,21,28). The van der Waals surface area contributed by atoms with Crippen molar-refractivity contribution in [2.24, 2.45) is 7.05 Å². The summed E-state index contributed by atoms with van der Waals surface area (Å²) in [5.41, 5.74) is -0.530. The first-order valence-electron chi connectivity index (χ1n) is 9.86. The van der Waals surface area contributed by atoms with Gasteiger partial charge >= 0.3 is 5.69 Å². The predicted molar refractivity (Wildman–Crippen MR) is 110 cm³/mol. The summed E-state index contributed by atoms with van der Waals surface area (Å²) in [5.74, 6) is -0.757. The molecule has 3 aromatic heterocycles. The Hall–Kier alpha value is -3.51. The Bertz CT molecular complexity index is 1200. The highest BCUT2D eigenvalue weighted by atomic mass is 16.5. The molecule has 0 unspecified atom stereocenters. The number of carbonyl (C=O) groups excluding carboxylic acids is 1. The van der Waals surface area contributed by atoms with Crippen LogP contribution in [0.25, 0.3) is 11.2 Å². The van der Waals surface area contributed by atoms with Gasteiger partial charge < -0.3 is 10.1 Å². The minimum absolute atomic E-state index is 0.0156. The summed E-state index contributed by atoms with van der Waals surface area (Å²) >= 11 is 0. The van der Waals surface area contributed by atoms with Crippen LogP contribution in [0.1, 0.15) is 16.2 Å². The van der Waals surface area contributed by atoms with Gasteiger partial charge in [0, 0.05) is 45.6 Å². The summed E-state index contributed by atoms with van der Waals surface area (Å²) in [6.07, 6.45) is 3.23. The number of morpholine rings is 1. The second kappa shape index (κ2) is 9.10. The maximum atomic E-state index is 12.6. The molecule has 31 heavy (non-hydrogen) atoms. The molecule has 1 fully saturated rings. The number of nitrogens with zero attached hydrogens (tertiary/aromatic N) is 7. The molecule has 0 aromatic carbocycles. The van der Waals surface area contributed by atoms with Crippen molar-refractivity contribution in [1.82, 2.24) is 39.5 Å². The van der Waals surface area contributed by atoms with Crippen molar-refractivity contribution < 1.29 is 9.53 Å². The van der Waals surface area contributed by atoms with Crippen LogP contribution in [-0.4, -0.2) is 79.5 Å². The number of aromatic nitrogens is 6. The normalized spacial score (nSPS) is 14.6. The molecule has 12 heteroatoms. The molecule has 0 atom stereocenters. The second-order valence-corrected chi connectivity index (χ2v) is 7.11. The lowest BCUT2D eigenvalue weighted by Crippen LogP contribution is -2.42. The third-order valence-corrected chi connectivity index (χ3v) is 5.03. The molecule has 1 saturated heterocycles. The lowest BCUT2D eigenvalue weighted by Gasteiger charge is -2.26. The van der Waals surface area contributed by atoms with E-state index in [9.17, 15) is 14.4 Å². The first-order valence-corrected chi connectivity index (χ1v) is 9.86. The Labute approximate surface area is 176 Å². The molecule has 1 aliphatic heterocycles. The fourth-order valence-corrected chi connectivity index (χ4v) is 3.31. The Kier molecular flexibility index (Phi) is 6.09. The van der Waals surface area contributed by atoms with Crippen LogP contribution in [-0.2, 0) is 18.3 Å². The van der Waals surface area contributed by atoms with E-state index in [2.05, 4.69) is 30.4 Å². The van der Waals surface area contributed by atoms with Gasteiger partial charge in [0.25, 0.3) is 11.5 Å². The average molecular weight is 426 g/mol. The fraction of sp³-hybridized carbons (Fsp3) is 0.421. The number of carbonyl (C=O) groups is 1. The first-order chi connectivity index (χ1) is 15.0. The molecule has 3 aromatic rings. The summed E-state index contributed by atoms with van der Waals surface area (Å²) in [6, 6.07) is 3.54. The van der Waals surface area contributed by atoms with Gasteiger partial charge in [0.2, 0.25) is 5.82 Å². The van der Waals surface area contributed by atoms with Crippen molar-refractivity contribution >= 4 is 17.1 Å². The number of hydrogen-bond acceptors (Lipinski definition) is 9. The fourth-order valence-electron chi connectivity index (χ4n) is 3.31. The van der Waals surface area contributed by atoms with Gasteiger partial charge in [-0.1, -0.05) is 6.07 Å². The van der Waals surface area contributed by atoms with Crippen LogP contribution >= 0.6 is 0 Å². The number of fused-ring (bicyclic) bond motifs is 1. The molecular formula is C19H22N8O4. The maximum Gasteiger partial charge on any atom is 0.332 e. The Morgan fingerprint density at radius 1 is 1.23 bits per heavy atom. The molecule has 162 valence electrons. The van der Waals surface area contributed by atoms with Crippen LogP contribution in [0.2, 0.25) is 0 Å². The number of hydrogen-bond donors (Lipinski definition) is 1. The summed E-state index contributed by atoms with van der Waals surface area (Å²) in [7, 11) is 1.36. The predicted octanol–water partition coefficient (Wildman–Crippen LogP) is -1.61. The van der Waals surface area contributed by atoms with E-state index in [0.29, 0.717) is 26.3 Å². The monoisotopic (exact) mass is 426 g/mol. The maximum absolute atomic E-state index is 12.6. The highest BCUT2D eigenvalue weighted by Gasteiger charge is 2.19. The number of pyridine rings is 1. The summed E-state index contributed by atoms with van der Waals surface area (Å²) in [5, 5.41) is 10.6. The summed E-state index contributed by atoms with van der Waals surface area (Å²) in [6.45, 7) is 4.19. The zero-order valence-electron chi connectivity index (χ0n) is 17.0. The van der Waals surface area contributed by atoms with Gasteiger partial charge in [-0.15, -0.1) is 10.2 Å². The Morgan fingerprint density at radius 3 is 2.77 bits per heavy atom. The van der Waals surface area contributed by atoms with Crippen LogP contribution in [0, 0.1) is 0 Å². The molecular weight excluding hydrogens is 404 g/mol. The third kappa shape index (κ3) is 4.49. The van der Waals surface area contributed by atoms with Crippen LogP contribution < -0.4 is 16.6 Å². The van der Waals surface area contributed by atoms with Crippen molar-refractivity contribution in [3.05, 3.63) is 56.8 Å². The van der Waals surface area contributed by atoms with Gasteiger partial charge in [0.15, 0.2) is 11.2 Å². The van der Waals surface area contributed by atoms with Crippen LogP contribution in [0.3, 0.4) is 0 Å². The van der Waals surface area contributed by atoms with E-state index >= 15 is 0 Å².